The van der Waals surface area contributed by atoms with Gasteiger partial charge >= 0.3 is 5.97 Å². The minimum atomic E-state index is -0.770. The van der Waals surface area contributed by atoms with Crippen molar-refractivity contribution < 1.29 is 14.7 Å². The maximum atomic E-state index is 12.9. The number of thiazole rings is 1. The van der Waals surface area contributed by atoms with E-state index in [0.717, 1.165) is 23.5 Å². The molecule has 23 heavy (non-hydrogen) atoms. The van der Waals surface area contributed by atoms with E-state index in [4.69, 9.17) is 0 Å². The molecule has 1 aliphatic heterocycles. The van der Waals surface area contributed by atoms with Crippen molar-refractivity contribution in [2.24, 2.45) is 17.8 Å². The van der Waals surface area contributed by atoms with Gasteiger partial charge in [0.25, 0.3) is 5.91 Å². The summed E-state index contributed by atoms with van der Waals surface area (Å²) in [7, 11) is 0. The number of hydrogen-bond donors (Lipinski definition) is 1. The molecule has 1 saturated heterocycles. The highest BCUT2D eigenvalue weighted by Crippen LogP contribution is 2.44. The van der Waals surface area contributed by atoms with E-state index in [1.165, 1.54) is 11.3 Å². The van der Waals surface area contributed by atoms with Crippen LogP contribution in [0.2, 0.25) is 0 Å². The van der Waals surface area contributed by atoms with Crippen molar-refractivity contribution in [3.63, 3.8) is 0 Å². The van der Waals surface area contributed by atoms with Crippen molar-refractivity contribution in [3.05, 3.63) is 15.6 Å². The highest BCUT2D eigenvalue weighted by atomic mass is 32.1. The molecule has 2 fully saturated rings. The Kier molecular flexibility index (Phi) is 3.99. The molecule has 0 unspecified atom stereocenters. The van der Waals surface area contributed by atoms with Gasteiger partial charge in [-0.15, -0.1) is 11.3 Å². The SMILES string of the molecule is Cc1nc(C(C)(C)C)sc1C(=O)N1C[C@H](C(=O)O)[C@@H](C2CC2)C1. The zero-order valence-corrected chi connectivity index (χ0v) is 14.9. The molecule has 0 radical (unpaired) electrons. The number of carboxylic acids is 1. The predicted molar refractivity (Wildman–Crippen MR) is 88.8 cm³/mol. The first-order valence-corrected chi connectivity index (χ1v) is 9.00. The van der Waals surface area contributed by atoms with Gasteiger partial charge in [-0.05, 0) is 31.6 Å². The van der Waals surface area contributed by atoms with Crippen molar-refractivity contribution in [2.45, 2.75) is 46.0 Å². The molecule has 6 heteroatoms. The Bertz CT molecular complexity index is 643. The third-order valence-corrected chi connectivity index (χ3v) is 6.40. The lowest BCUT2D eigenvalue weighted by molar-refractivity contribution is -0.142. The van der Waals surface area contributed by atoms with Crippen LogP contribution in [-0.2, 0) is 10.2 Å². The second kappa shape index (κ2) is 5.58. The standard InChI is InChI=1S/C17H24N2O3S/c1-9-13(23-16(18-9)17(2,3)4)14(20)19-7-11(10-5-6-10)12(8-19)15(21)22/h10-12H,5-8H2,1-4H3,(H,21,22)/t11-,12+/m1/s1. The molecule has 5 nitrogen and oxygen atoms in total. The molecule has 0 bridgehead atoms. The fourth-order valence-corrected chi connectivity index (χ4v) is 4.41. The summed E-state index contributed by atoms with van der Waals surface area (Å²) in [6.07, 6.45) is 2.20. The lowest BCUT2D eigenvalue weighted by atomic mass is 9.92. The summed E-state index contributed by atoms with van der Waals surface area (Å²) in [5, 5.41) is 10.4. The van der Waals surface area contributed by atoms with Crippen molar-refractivity contribution in [3.8, 4) is 0 Å². The third-order valence-electron chi connectivity index (χ3n) is 4.83. The largest absolute Gasteiger partial charge is 0.481 e. The van der Waals surface area contributed by atoms with Crippen LogP contribution in [0.15, 0.2) is 0 Å². The Labute approximate surface area is 140 Å². The van der Waals surface area contributed by atoms with Gasteiger partial charge in [-0.3, -0.25) is 9.59 Å². The summed E-state index contributed by atoms with van der Waals surface area (Å²) in [4.78, 5) is 31.3. The topological polar surface area (TPSA) is 70.5 Å². The van der Waals surface area contributed by atoms with Gasteiger partial charge in [-0.1, -0.05) is 20.8 Å². The van der Waals surface area contributed by atoms with E-state index in [1.807, 2.05) is 6.92 Å². The average Bonchev–Trinajstić information content (AvgIpc) is 3.06. The molecule has 0 spiro atoms. The summed E-state index contributed by atoms with van der Waals surface area (Å²) < 4.78 is 0. The maximum absolute atomic E-state index is 12.9. The maximum Gasteiger partial charge on any atom is 0.308 e. The molecule has 126 valence electrons. The van der Waals surface area contributed by atoms with Crippen molar-refractivity contribution in [1.82, 2.24) is 9.88 Å². The fraction of sp³-hybridized carbons (Fsp3) is 0.706. The van der Waals surface area contributed by atoms with Gasteiger partial charge in [-0.2, -0.15) is 0 Å². The molecule has 2 atom stereocenters. The number of aliphatic carboxylic acids is 1. The highest BCUT2D eigenvalue weighted by molar-refractivity contribution is 7.14. The Morgan fingerprint density at radius 2 is 1.91 bits per heavy atom. The van der Waals surface area contributed by atoms with Crippen molar-refractivity contribution in [2.75, 3.05) is 13.1 Å². The normalized spacial score (nSPS) is 25.0. The molecule has 2 heterocycles. The lowest BCUT2D eigenvalue weighted by Crippen LogP contribution is -2.29. The van der Waals surface area contributed by atoms with Crippen molar-refractivity contribution in [1.29, 1.82) is 0 Å². The van der Waals surface area contributed by atoms with Gasteiger partial charge in [0.1, 0.15) is 4.88 Å². The van der Waals surface area contributed by atoms with E-state index in [-0.39, 0.29) is 17.2 Å². The highest BCUT2D eigenvalue weighted by Gasteiger charge is 2.47. The number of likely N-dealkylation sites (tertiary alicyclic amines) is 1. The Balaban J connectivity index is 1.81. The van der Waals surface area contributed by atoms with E-state index in [0.29, 0.717) is 23.9 Å². The molecular formula is C17H24N2O3S. The number of rotatable bonds is 3. The lowest BCUT2D eigenvalue weighted by Gasteiger charge is -2.16. The summed E-state index contributed by atoms with van der Waals surface area (Å²) in [6.45, 7) is 9.01. The van der Waals surface area contributed by atoms with Gasteiger partial charge in [0.15, 0.2) is 0 Å². The molecule has 1 N–H and O–H groups in total. The van der Waals surface area contributed by atoms with Crippen LogP contribution in [-0.4, -0.2) is 40.0 Å². The molecule has 1 amide bonds. The van der Waals surface area contributed by atoms with Crippen molar-refractivity contribution >= 4 is 23.2 Å². The number of hydrogen-bond acceptors (Lipinski definition) is 4. The van der Waals surface area contributed by atoms with Crippen LogP contribution >= 0.6 is 11.3 Å². The monoisotopic (exact) mass is 336 g/mol. The van der Waals surface area contributed by atoms with E-state index >= 15 is 0 Å². The molecule has 1 aliphatic carbocycles. The van der Waals surface area contributed by atoms with E-state index in [9.17, 15) is 14.7 Å². The summed E-state index contributed by atoms with van der Waals surface area (Å²) in [5.41, 5.74) is 0.672. The zero-order valence-electron chi connectivity index (χ0n) is 14.1. The number of carbonyl (C=O) groups excluding carboxylic acids is 1. The molecule has 3 rings (SSSR count). The summed E-state index contributed by atoms with van der Waals surface area (Å²) in [5.74, 6) is -0.631. The van der Waals surface area contributed by atoms with E-state index < -0.39 is 11.9 Å². The van der Waals surface area contributed by atoms with Gasteiger partial charge in [0.05, 0.1) is 16.6 Å². The van der Waals surface area contributed by atoms with Gasteiger partial charge in [0, 0.05) is 18.5 Å². The minimum absolute atomic E-state index is 0.0510. The smallest absolute Gasteiger partial charge is 0.308 e. The van der Waals surface area contributed by atoms with Crippen LogP contribution in [0.5, 0.6) is 0 Å². The van der Waals surface area contributed by atoms with Crippen LogP contribution in [0.4, 0.5) is 0 Å². The van der Waals surface area contributed by atoms with Crippen LogP contribution in [0.3, 0.4) is 0 Å². The molecule has 1 saturated carbocycles. The first-order chi connectivity index (χ1) is 10.7. The number of amides is 1. The third kappa shape index (κ3) is 3.13. The number of nitrogens with zero attached hydrogens (tertiary/aromatic N) is 2. The summed E-state index contributed by atoms with van der Waals surface area (Å²) >= 11 is 1.45. The first-order valence-electron chi connectivity index (χ1n) is 8.18. The Morgan fingerprint density at radius 3 is 2.39 bits per heavy atom. The number of carbonyl (C=O) groups is 2. The predicted octanol–water partition coefficient (Wildman–Crippen LogP) is 2.93. The van der Waals surface area contributed by atoms with E-state index in [1.54, 1.807) is 4.90 Å². The summed E-state index contributed by atoms with van der Waals surface area (Å²) in [6, 6.07) is 0. The van der Waals surface area contributed by atoms with Gasteiger partial charge in [-0.25, -0.2) is 4.98 Å². The second-order valence-corrected chi connectivity index (χ2v) is 8.84. The van der Waals surface area contributed by atoms with Crippen LogP contribution in [0.1, 0.15) is 54.0 Å². The van der Waals surface area contributed by atoms with Gasteiger partial charge < -0.3 is 10.0 Å². The minimum Gasteiger partial charge on any atom is -0.481 e. The Hall–Kier alpha value is -1.43. The molecule has 0 aromatic carbocycles. The quantitative estimate of drug-likeness (QED) is 0.921. The molecule has 1 aromatic rings. The number of aromatic nitrogens is 1. The first kappa shape index (κ1) is 16.4. The average molecular weight is 336 g/mol. The van der Waals surface area contributed by atoms with E-state index in [2.05, 4.69) is 25.8 Å². The fourth-order valence-electron chi connectivity index (χ4n) is 3.32. The number of aryl methyl sites for hydroxylation is 1. The van der Waals surface area contributed by atoms with Crippen LogP contribution in [0.25, 0.3) is 0 Å². The second-order valence-electron chi connectivity index (χ2n) is 7.84. The van der Waals surface area contributed by atoms with Crippen LogP contribution in [0, 0.1) is 24.7 Å². The van der Waals surface area contributed by atoms with Crippen LogP contribution < -0.4 is 0 Å². The zero-order chi connectivity index (χ0) is 16.9. The number of carboxylic acid groups (broad SMARTS) is 1. The molecular weight excluding hydrogens is 312 g/mol. The van der Waals surface area contributed by atoms with Gasteiger partial charge in [0.2, 0.25) is 0 Å². The molecule has 2 aliphatic rings. The Morgan fingerprint density at radius 1 is 1.26 bits per heavy atom. The molecule has 1 aromatic heterocycles.